The van der Waals surface area contributed by atoms with Crippen LogP contribution in [0.5, 0.6) is 0 Å². The maximum absolute atomic E-state index is 13.4. The van der Waals surface area contributed by atoms with Crippen LogP contribution in [0.3, 0.4) is 0 Å². The summed E-state index contributed by atoms with van der Waals surface area (Å²) in [5.41, 5.74) is 1.98. The van der Waals surface area contributed by atoms with Crippen LogP contribution in [0.25, 0.3) is 0 Å². The number of ether oxygens (including phenoxy) is 1. The van der Waals surface area contributed by atoms with Crippen molar-refractivity contribution in [3.63, 3.8) is 0 Å². The molecule has 0 N–H and O–H groups in total. The Morgan fingerprint density at radius 1 is 1.00 bits per heavy atom. The van der Waals surface area contributed by atoms with Gasteiger partial charge in [0.1, 0.15) is 6.61 Å². The Kier molecular flexibility index (Phi) is 9.34. The number of carbonyl (C=O) groups is 2. The summed E-state index contributed by atoms with van der Waals surface area (Å²) in [6.07, 6.45) is 7.28. The molecule has 41 heavy (non-hydrogen) atoms. The number of piperidine rings is 1. The van der Waals surface area contributed by atoms with E-state index in [1.807, 2.05) is 6.07 Å². The average Bonchev–Trinajstić information content (AvgIpc) is 3.70. The maximum Gasteiger partial charge on any atom is 0.410 e. The zero-order valence-corrected chi connectivity index (χ0v) is 23.6. The number of hydrogen-bond donors (Lipinski definition) is 0. The van der Waals surface area contributed by atoms with Gasteiger partial charge < -0.3 is 14.5 Å². The second-order valence-electron chi connectivity index (χ2n) is 11.5. The van der Waals surface area contributed by atoms with E-state index in [1.165, 1.54) is 17.7 Å². The van der Waals surface area contributed by atoms with E-state index in [0.29, 0.717) is 18.0 Å². The minimum Gasteiger partial charge on any atom is -0.445 e. The van der Waals surface area contributed by atoms with E-state index < -0.39 is 11.0 Å². The van der Waals surface area contributed by atoms with E-state index in [2.05, 4.69) is 40.6 Å². The first-order valence-electron chi connectivity index (χ1n) is 14.8. The second-order valence-corrected chi connectivity index (χ2v) is 11.5. The Morgan fingerprint density at radius 3 is 2.32 bits per heavy atom. The standard InChI is InChI=1S/C32H40N4O5/c1-2-18-35(32(38)41-23-24-12-14-28(15-13-24)36(39)40)27-16-19-33(20-17-27)30-22-34(31(37)26-10-6-7-11-26)21-29(30)25-8-4-3-5-9-25/h2-5,8-9,12-15,26-27,29-30H,1,6-7,10-11,16-23H2/t29-,30+/m0/s1. The van der Waals surface area contributed by atoms with E-state index in [9.17, 15) is 19.7 Å². The van der Waals surface area contributed by atoms with Gasteiger partial charge in [0.2, 0.25) is 5.91 Å². The molecule has 0 radical (unpaired) electrons. The first-order valence-corrected chi connectivity index (χ1v) is 14.8. The molecule has 9 nitrogen and oxygen atoms in total. The number of carbonyl (C=O) groups excluding carboxylic acids is 2. The first kappa shape index (κ1) is 28.8. The monoisotopic (exact) mass is 560 g/mol. The Labute approximate surface area is 241 Å². The van der Waals surface area contributed by atoms with Crippen LogP contribution in [0.1, 0.15) is 55.6 Å². The van der Waals surface area contributed by atoms with Crippen molar-refractivity contribution in [3.8, 4) is 0 Å². The number of likely N-dealkylation sites (tertiary alicyclic amines) is 2. The van der Waals surface area contributed by atoms with E-state index in [0.717, 1.165) is 64.7 Å². The molecule has 0 unspecified atom stereocenters. The van der Waals surface area contributed by atoms with Crippen molar-refractivity contribution < 1.29 is 19.2 Å². The lowest BCUT2D eigenvalue weighted by Gasteiger charge is -2.41. The molecule has 1 saturated carbocycles. The number of rotatable bonds is 9. The normalized spacial score (nSPS) is 22.0. The van der Waals surface area contributed by atoms with Gasteiger partial charge in [-0.15, -0.1) is 6.58 Å². The van der Waals surface area contributed by atoms with Crippen molar-refractivity contribution in [1.29, 1.82) is 0 Å². The fourth-order valence-electron chi connectivity index (χ4n) is 6.78. The van der Waals surface area contributed by atoms with Crippen molar-refractivity contribution in [3.05, 3.63) is 88.5 Å². The van der Waals surface area contributed by atoms with Crippen LogP contribution >= 0.6 is 0 Å². The van der Waals surface area contributed by atoms with Gasteiger partial charge in [-0.3, -0.25) is 19.8 Å². The van der Waals surface area contributed by atoms with Crippen molar-refractivity contribution in [2.45, 2.75) is 63.1 Å². The zero-order valence-electron chi connectivity index (χ0n) is 23.6. The molecule has 1 aliphatic carbocycles. The third kappa shape index (κ3) is 6.78. The summed E-state index contributed by atoms with van der Waals surface area (Å²) < 4.78 is 5.60. The smallest absolute Gasteiger partial charge is 0.410 e. The molecule has 2 aromatic rings. The van der Waals surface area contributed by atoms with Crippen LogP contribution in [-0.2, 0) is 16.1 Å². The summed E-state index contributed by atoms with van der Waals surface area (Å²) in [5.74, 6) is 0.781. The van der Waals surface area contributed by atoms with Gasteiger partial charge in [-0.25, -0.2) is 4.79 Å². The summed E-state index contributed by atoms with van der Waals surface area (Å²) in [5, 5.41) is 10.9. The second kappa shape index (κ2) is 13.3. The molecule has 0 bridgehead atoms. The SMILES string of the molecule is C=CCN(C(=O)OCc1ccc([N+](=O)[O-])cc1)C1CCN([C@@H]2CN(C(=O)C3CCCC3)C[C@H]2c2ccccc2)CC1. The summed E-state index contributed by atoms with van der Waals surface area (Å²) >= 11 is 0. The van der Waals surface area contributed by atoms with Gasteiger partial charge in [-0.05, 0) is 48.9 Å². The fourth-order valence-corrected chi connectivity index (χ4v) is 6.78. The third-order valence-electron chi connectivity index (χ3n) is 9.01. The molecular formula is C32H40N4O5. The number of amides is 2. The topological polar surface area (TPSA) is 96.2 Å². The molecule has 2 aliphatic heterocycles. The van der Waals surface area contributed by atoms with E-state index >= 15 is 0 Å². The predicted octanol–water partition coefficient (Wildman–Crippen LogP) is 5.37. The van der Waals surface area contributed by atoms with E-state index in [1.54, 1.807) is 23.1 Å². The third-order valence-corrected chi connectivity index (χ3v) is 9.01. The van der Waals surface area contributed by atoms with Gasteiger partial charge in [0.15, 0.2) is 0 Å². The highest BCUT2D eigenvalue weighted by Gasteiger charge is 2.42. The van der Waals surface area contributed by atoms with Crippen LogP contribution < -0.4 is 0 Å². The van der Waals surface area contributed by atoms with Gasteiger partial charge in [-0.1, -0.05) is 49.2 Å². The summed E-state index contributed by atoms with van der Waals surface area (Å²) in [6.45, 7) is 7.49. The van der Waals surface area contributed by atoms with Crippen LogP contribution in [0.4, 0.5) is 10.5 Å². The molecule has 2 atom stereocenters. The molecule has 0 spiro atoms. The van der Waals surface area contributed by atoms with Gasteiger partial charge in [0.25, 0.3) is 5.69 Å². The summed E-state index contributed by atoms with van der Waals surface area (Å²) in [6, 6.07) is 16.9. The lowest BCUT2D eigenvalue weighted by molar-refractivity contribution is -0.384. The number of nitro groups is 1. The van der Waals surface area contributed by atoms with Gasteiger partial charge in [0.05, 0.1) is 4.92 Å². The van der Waals surface area contributed by atoms with E-state index in [-0.39, 0.29) is 36.2 Å². The van der Waals surface area contributed by atoms with Crippen LogP contribution in [0.2, 0.25) is 0 Å². The highest BCUT2D eigenvalue weighted by Crippen LogP contribution is 2.36. The molecule has 2 heterocycles. The lowest BCUT2D eigenvalue weighted by atomic mass is 9.91. The predicted molar refractivity (Wildman–Crippen MR) is 156 cm³/mol. The van der Waals surface area contributed by atoms with Crippen LogP contribution in [-0.4, -0.2) is 76.4 Å². The average molecular weight is 561 g/mol. The molecule has 2 aromatic carbocycles. The minimum absolute atomic E-state index is 0.00269. The number of non-ortho nitro benzene ring substituents is 1. The van der Waals surface area contributed by atoms with E-state index in [4.69, 9.17) is 4.74 Å². The molecule has 0 aromatic heterocycles. The Bertz CT molecular complexity index is 1210. The molecule has 5 rings (SSSR count). The summed E-state index contributed by atoms with van der Waals surface area (Å²) in [7, 11) is 0. The molecule has 9 heteroatoms. The molecule has 3 aliphatic rings. The lowest BCUT2D eigenvalue weighted by Crippen LogP contribution is -2.51. The van der Waals surface area contributed by atoms with Crippen LogP contribution in [0, 0.1) is 16.0 Å². The minimum atomic E-state index is -0.452. The van der Waals surface area contributed by atoms with Gasteiger partial charge >= 0.3 is 6.09 Å². The quantitative estimate of drug-likeness (QED) is 0.233. The molecule has 3 fully saturated rings. The highest BCUT2D eigenvalue weighted by molar-refractivity contribution is 5.79. The van der Waals surface area contributed by atoms with Crippen molar-refractivity contribution in [2.75, 3.05) is 32.7 Å². The van der Waals surface area contributed by atoms with Gasteiger partial charge in [0, 0.05) is 68.8 Å². The van der Waals surface area contributed by atoms with Crippen molar-refractivity contribution in [1.82, 2.24) is 14.7 Å². The Hall–Kier alpha value is -3.72. The molecule has 2 saturated heterocycles. The Morgan fingerprint density at radius 2 is 1.68 bits per heavy atom. The van der Waals surface area contributed by atoms with Gasteiger partial charge in [-0.2, -0.15) is 0 Å². The zero-order chi connectivity index (χ0) is 28.8. The number of nitrogens with zero attached hydrogens (tertiary/aromatic N) is 4. The fraction of sp³-hybridized carbons (Fsp3) is 0.500. The number of hydrogen-bond acceptors (Lipinski definition) is 6. The maximum atomic E-state index is 13.4. The van der Waals surface area contributed by atoms with Crippen molar-refractivity contribution in [2.24, 2.45) is 5.92 Å². The highest BCUT2D eigenvalue weighted by atomic mass is 16.6. The van der Waals surface area contributed by atoms with Crippen molar-refractivity contribution >= 4 is 17.7 Å². The molecular weight excluding hydrogens is 520 g/mol. The Balaban J connectivity index is 1.21. The molecule has 2 amide bonds. The first-order chi connectivity index (χ1) is 19.9. The molecule has 218 valence electrons. The summed E-state index contributed by atoms with van der Waals surface area (Å²) in [4.78, 5) is 43.3. The number of benzene rings is 2. The van der Waals surface area contributed by atoms with Crippen LogP contribution in [0.15, 0.2) is 67.3 Å². The number of nitro benzene ring substituents is 1. The largest absolute Gasteiger partial charge is 0.445 e.